The molecule has 108 valence electrons. The zero-order valence-corrected chi connectivity index (χ0v) is 12.2. The molecule has 0 aliphatic heterocycles. The van der Waals surface area contributed by atoms with Gasteiger partial charge in [-0.1, -0.05) is 23.4 Å². The summed E-state index contributed by atoms with van der Waals surface area (Å²) < 4.78 is 7.05. The summed E-state index contributed by atoms with van der Waals surface area (Å²) >= 11 is 0. The van der Waals surface area contributed by atoms with E-state index < -0.39 is 0 Å². The van der Waals surface area contributed by atoms with E-state index in [1.807, 2.05) is 10.9 Å². The standard InChI is InChI=1S/C16H23N3O/c1-20-12-16-11-19(18-17-16)10-13-6-8-15(9-7-13)14-4-2-3-5-14/h2,4-5,11,13,15H,3,6-10,12H2,1H3. The van der Waals surface area contributed by atoms with Crippen LogP contribution >= 0.6 is 0 Å². The van der Waals surface area contributed by atoms with Crippen LogP contribution in [0.2, 0.25) is 0 Å². The molecular weight excluding hydrogens is 250 g/mol. The minimum absolute atomic E-state index is 0.549. The van der Waals surface area contributed by atoms with Crippen LogP contribution in [0.3, 0.4) is 0 Å². The van der Waals surface area contributed by atoms with E-state index in [2.05, 4.69) is 28.5 Å². The lowest BCUT2D eigenvalue weighted by Gasteiger charge is -2.28. The minimum atomic E-state index is 0.549. The van der Waals surface area contributed by atoms with Gasteiger partial charge in [-0.3, -0.25) is 4.68 Å². The molecule has 1 aromatic rings. The summed E-state index contributed by atoms with van der Waals surface area (Å²) in [6, 6.07) is 0. The van der Waals surface area contributed by atoms with Gasteiger partial charge in [-0.25, -0.2) is 0 Å². The van der Waals surface area contributed by atoms with E-state index >= 15 is 0 Å². The van der Waals surface area contributed by atoms with E-state index in [0.717, 1.165) is 30.5 Å². The van der Waals surface area contributed by atoms with E-state index in [1.165, 1.54) is 25.7 Å². The van der Waals surface area contributed by atoms with Crippen molar-refractivity contribution in [3.63, 3.8) is 0 Å². The van der Waals surface area contributed by atoms with Gasteiger partial charge in [0.25, 0.3) is 0 Å². The zero-order valence-electron chi connectivity index (χ0n) is 12.2. The highest BCUT2D eigenvalue weighted by atomic mass is 16.5. The van der Waals surface area contributed by atoms with E-state index in [-0.39, 0.29) is 0 Å². The molecular formula is C16H23N3O. The number of methoxy groups -OCH3 is 1. The quantitative estimate of drug-likeness (QED) is 0.827. The molecule has 0 aromatic carbocycles. The summed E-state index contributed by atoms with van der Waals surface area (Å²) in [4.78, 5) is 0. The third-order valence-corrected chi connectivity index (χ3v) is 4.44. The summed E-state index contributed by atoms with van der Waals surface area (Å²) in [6.45, 7) is 1.55. The van der Waals surface area contributed by atoms with Crippen molar-refractivity contribution >= 4 is 0 Å². The molecule has 1 aromatic heterocycles. The van der Waals surface area contributed by atoms with Crippen molar-refractivity contribution in [3.05, 3.63) is 35.7 Å². The van der Waals surface area contributed by atoms with Crippen LogP contribution in [0.5, 0.6) is 0 Å². The molecule has 0 radical (unpaired) electrons. The van der Waals surface area contributed by atoms with Crippen LogP contribution in [-0.4, -0.2) is 22.1 Å². The largest absolute Gasteiger partial charge is 0.378 e. The van der Waals surface area contributed by atoms with Crippen LogP contribution in [0.4, 0.5) is 0 Å². The Labute approximate surface area is 120 Å². The number of allylic oxidation sites excluding steroid dienone is 4. The van der Waals surface area contributed by atoms with Crippen molar-refractivity contribution < 1.29 is 4.74 Å². The zero-order chi connectivity index (χ0) is 13.8. The minimum Gasteiger partial charge on any atom is -0.378 e. The van der Waals surface area contributed by atoms with Crippen LogP contribution in [0.25, 0.3) is 0 Å². The Bertz CT molecular complexity index is 496. The van der Waals surface area contributed by atoms with Crippen molar-refractivity contribution in [2.75, 3.05) is 7.11 Å². The molecule has 4 heteroatoms. The predicted molar refractivity (Wildman–Crippen MR) is 78.0 cm³/mol. The maximum absolute atomic E-state index is 5.07. The number of hydrogen-bond acceptors (Lipinski definition) is 3. The van der Waals surface area contributed by atoms with Crippen molar-refractivity contribution in [2.24, 2.45) is 11.8 Å². The van der Waals surface area contributed by atoms with Gasteiger partial charge in [-0.2, -0.15) is 0 Å². The molecule has 1 fully saturated rings. The van der Waals surface area contributed by atoms with E-state index in [4.69, 9.17) is 4.74 Å². The molecule has 1 heterocycles. The van der Waals surface area contributed by atoms with Crippen molar-refractivity contribution in [1.82, 2.24) is 15.0 Å². The first-order valence-electron chi connectivity index (χ1n) is 7.59. The highest BCUT2D eigenvalue weighted by molar-refractivity contribution is 5.28. The predicted octanol–water partition coefficient (Wildman–Crippen LogP) is 3.12. The summed E-state index contributed by atoms with van der Waals surface area (Å²) in [5.74, 6) is 1.54. The molecule has 4 nitrogen and oxygen atoms in total. The van der Waals surface area contributed by atoms with E-state index in [9.17, 15) is 0 Å². The molecule has 2 aliphatic rings. The molecule has 1 saturated carbocycles. The maximum Gasteiger partial charge on any atom is 0.108 e. The van der Waals surface area contributed by atoms with Gasteiger partial charge in [0.15, 0.2) is 0 Å². The fourth-order valence-corrected chi connectivity index (χ4v) is 3.36. The van der Waals surface area contributed by atoms with Crippen LogP contribution in [-0.2, 0) is 17.9 Å². The maximum atomic E-state index is 5.07. The number of ether oxygens (including phenoxy) is 1. The summed E-state index contributed by atoms with van der Waals surface area (Å²) in [5.41, 5.74) is 2.49. The van der Waals surface area contributed by atoms with Gasteiger partial charge in [0.1, 0.15) is 5.69 Å². The Hall–Kier alpha value is -1.42. The Morgan fingerprint density at radius 3 is 2.85 bits per heavy atom. The number of rotatable bonds is 5. The Balaban J connectivity index is 1.49. The second-order valence-electron chi connectivity index (χ2n) is 5.92. The summed E-state index contributed by atoms with van der Waals surface area (Å²) in [7, 11) is 1.69. The lowest BCUT2D eigenvalue weighted by atomic mass is 9.78. The summed E-state index contributed by atoms with van der Waals surface area (Å²) in [6.07, 6.45) is 15.4. The van der Waals surface area contributed by atoms with Crippen molar-refractivity contribution in [2.45, 2.75) is 45.3 Å². The number of aromatic nitrogens is 3. The molecule has 0 atom stereocenters. The number of hydrogen-bond donors (Lipinski definition) is 0. The van der Waals surface area contributed by atoms with Crippen LogP contribution in [0.15, 0.2) is 30.0 Å². The topological polar surface area (TPSA) is 39.9 Å². The van der Waals surface area contributed by atoms with Crippen molar-refractivity contribution in [3.8, 4) is 0 Å². The molecule has 0 bridgehead atoms. The molecule has 0 spiro atoms. The average Bonchev–Trinajstić information content (AvgIpc) is 3.12. The van der Waals surface area contributed by atoms with Crippen LogP contribution in [0.1, 0.15) is 37.8 Å². The van der Waals surface area contributed by atoms with Gasteiger partial charge in [-0.15, -0.1) is 5.10 Å². The lowest BCUT2D eigenvalue weighted by Crippen LogP contribution is -2.20. The third kappa shape index (κ3) is 3.18. The lowest BCUT2D eigenvalue weighted by molar-refractivity contribution is 0.181. The van der Waals surface area contributed by atoms with Gasteiger partial charge in [0, 0.05) is 13.7 Å². The number of nitrogens with zero attached hydrogens (tertiary/aromatic N) is 3. The second kappa shape index (κ2) is 6.35. The van der Waals surface area contributed by atoms with Gasteiger partial charge in [-0.05, 0) is 49.5 Å². The van der Waals surface area contributed by atoms with E-state index in [0.29, 0.717) is 6.61 Å². The van der Waals surface area contributed by atoms with Crippen LogP contribution < -0.4 is 0 Å². The molecule has 0 amide bonds. The molecule has 0 N–H and O–H groups in total. The average molecular weight is 273 g/mol. The van der Waals surface area contributed by atoms with Gasteiger partial charge in [0.2, 0.25) is 0 Å². The smallest absolute Gasteiger partial charge is 0.108 e. The highest BCUT2D eigenvalue weighted by Gasteiger charge is 2.24. The first kappa shape index (κ1) is 13.6. The first-order chi connectivity index (χ1) is 9.85. The van der Waals surface area contributed by atoms with Crippen LogP contribution in [0, 0.1) is 11.8 Å². The molecule has 3 rings (SSSR count). The SMILES string of the molecule is COCc1cn(CC2CCC(C3=CCC=C3)CC2)nn1. The van der Waals surface area contributed by atoms with E-state index in [1.54, 1.807) is 12.7 Å². The third-order valence-electron chi connectivity index (χ3n) is 4.44. The molecule has 0 unspecified atom stereocenters. The Morgan fingerprint density at radius 2 is 2.15 bits per heavy atom. The van der Waals surface area contributed by atoms with Crippen molar-refractivity contribution in [1.29, 1.82) is 0 Å². The fraction of sp³-hybridized carbons (Fsp3) is 0.625. The fourth-order valence-electron chi connectivity index (χ4n) is 3.36. The van der Waals surface area contributed by atoms with Gasteiger partial charge in [0.05, 0.1) is 12.8 Å². The highest BCUT2D eigenvalue weighted by Crippen LogP contribution is 2.35. The molecule has 2 aliphatic carbocycles. The summed E-state index contributed by atoms with van der Waals surface area (Å²) in [5, 5.41) is 8.31. The molecule has 0 saturated heterocycles. The Kier molecular flexibility index (Phi) is 4.31. The first-order valence-corrected chi connectivity index (χ1v) is 7.59. The Morgan fingerprint density at radius 1 is 1.30 bits per heavy atom. The monoisotopic (exact) mass is 273 g/mol. The normalized spacial score (nSPS) is 25.9. The second-order valence-corrected chi connectivity index (χ2v) is 5.92. The van der Waals surface area contributed by atoms with Gasteiger partial charge < -0.3 is 4.74 Å². The molecule has 20 heavy (non-hydrogen) atoms. The van der Waals surface area contributed by atoms with Gasteiger partial charge >= 0.3 is 0 Å².